The Hall–Kier alpha value is -5.54. The molecule has 1 aliphatic heterocycles. The first-order chi connectivity index (χ1) is 24.3. The first-order valence-electron chi connectivity index (χ1n) is 15.4. The van der Waals surface area contributed by atoms with Gasteiger partial charge in [-0.2, -0.15) is 0 Å². The van der Waals surface area contributed by atoms with E-state index in [-0.39, 0.29) is 19.6 Å². The molecule has 2 fully saturated rings. The summed E-state index contributed by atoms with van der Waals surface area (Å²) in [6.45, 7) is 1.91. The molecule has 20 heteroatoms. The van der Waals surface area contributed by atoms with Crippen molar-refractivity contribution in [2.75, 3.05) is 6.54 Å². The quantitative estimate of drug-likeness (QED) is 0.0938. The number of rotatable bonds is 15. The maximum atomic E-state index is 12.3. The normalized spacial score (nSPS) is 28.7. The summed E-state index contributed by atoms with van der Waals surface area (Å²) in [5.41, 5.74) is 39.3. The number of hydrogen-bond acceptors (Lipinski definition) is 12. The predicted octanol–water partition coefficient (Wildman–Crippen LogP) is 5.88. The first-order valence-corrected chi connectivity index (χ1v) is 15.4. The van der Waals surface area contributed by atoms with Crippen LogP contribution in [0.25, 0.3) is 41.8 Å². The highest BCUT2D eigenvalue weighted by Crippen LogP contribution is 2.37. The molecule has 0 unspecified atom stereocenters. The molecule has 0 N–H and O–H groups in total. The summed E-state index contributed by atoms with van der Waals surface area (Å²) in [6, 6.07) is 14.9. The van der Waals surface area contributed by atoms with E-state index in [1.54, 1.807) is 0 Å². The van der Waals surface area contributed by atoms with Crippen LogP contribution >= 0.6 is 0 Å². The average Bonchev–Trinajstić information content (AvgIpc) is 3.10. The number of azide groups is 4. The zero-order valence-corrected chi connectivity index (χ0v) is 27.0. The number of hydrogen-bond donors (Lipinski definition) is 0. The van der Waals surface area contributed by atoms with E-state index in [0.29, 0.717) is 0 Å². The van der Waals surface area contributed by atoms with Crippen molar-refractivity contribution in [1.82, 2.24) is 0 Å². The third-order valence-electron chi connectivity index (χ3n) is 7.88. The van der Waals surface area contributed by atoms with Gasteiger partial charge >= 0.3 is 11.9 Å². The van der Waals surface area contributed by atoms with Crippen LogP contribution in [0.4, 0.5) is 0 Å². The fourth-order valence-corrected chi connectivity index (χ4v) is 5.86. The van der Waals surface area contributed by atoms with E-state index in [1.807, 2.05) is 60.7 Å². The van der Waals surface area contributed by atoms with E-state index >= 15 is 0 Å². The maximum Gasteiger partial charge on any atom is 0.303 e. The lowest BCUT2D eigenvalue weighted by atomic mass is 9.83. The summed E-state index contributed by atoms with van der Waals surface area (Å²) in [5.74, 6) is -1.60. The van der Waals surface area contributed by atoms with Gasteiger partial charge in [-0.1, -0.05) is 81.1 Å². The zero-order valence-electron chi connectivity index (χ0n) is 27.0. The van der Waals surface area contributed by atoms with Crippen LogP contribution in [0.1, 0.15) is 31.4 Å². The van der Waals surface area contributed by atoms with E-state index in [4.69, 9.17) is 34.0 Å². The number of carbonyl (C=O) groups excluding carboxylic acids is 2. The Labute approximate surface area is 285 Å². The molecule has 4 rings (SSSR count). The number of benzene rings is 2. The van der Waals surface area contributed by atoms with E-state index in [9.17, 15) is 26.2 Å². The maximum absolute atomic E-state index is 12.3. The fourth-order valence-electron chi connectivity index (χ4n) is 5.86. The molecular formula is C30H34N12O8. The van der Waals surface area contributed by atoms with Crippen molar-refractivity contribution in [2.45, 2.75) is 94.5 Å². The second-order valence-corrected chi connectivity index (χ2v) is 11.2. The molecule has 0 aromatic heterocycles. The Morgan fingerprint density at radius 1 is 0.700 bits per heavy atom. The highest BCUT2D eigenvalue weighted by atomic mass is 16.7. The van der Waals surface area contributed by atoms with Gasteiger partial charge in [-0.3, -0.25) is 9.59 Å². The molecule has 50 heavy (non-hydrogen) atoms. The Morgan fingerprint density at radius 2 is 1.22 bits per heavy atom. The topological polar surface area (TPSA) is 285 Å². The van der Waals surface area contributed by atoms with Crippen molar-refractivity contribution >= 4 is 11.9 Å². The van der Waals surface area contributed by atoms with E-state index in [2.05, 4.69) is 40.1 Å². The summed E-state index contributed by atoms with van der Waals surface area (Å²) in [6.07, 6.45) is -9.00. The minimum atomic E-state index is -1.57. The molecule has 1 saturated heterocycles. The second-order valence-electron chi connectivity index (χ2n) is 11.2. The molecule has 1 saturated carbocycles. The Morgan fingerprint density at radius 3 is 1.74 bits per heavy atom. The van der Waals surface area contributed by atoms with E-state index in [1.165, 1.54) is 0 Å². The van der Waals surface area contributed by atoms with Crippen LogP contribution in [0.15, 0.2) is 81.1 Å². The molecule has 20 nitrogen and oxygen atoms in total. The van der Waals surface area contributed by atoms with Crippen LogP contribution in [0.3, 0.4) is 0 Å². The standard InChI is InChI=1S/C30H34N12O8/c1-17(43)47-27-23(14-35-39-31)49-30(24(38-42-34)28(27)48-18(2)44)50-26-22(37-41-33)13-21(36-40-32)25(45-15-19-9-5-3-6-10-19)29(26)46-16-20-11-7-4-8-12-20/h3-12,21-30H,13-16H2,1-2H3/t21-,22+,23-,24+,25+,26-,27-,28-,29-,30-/m1/s1. The lowest BCUT2D eigenvalue weighted by Gasteiger charge is -2.48. The smallest absolute Gasteiger partial charge is 0.303 e. The van der Waals surface area contributed by atoms with Gasteiger partial charge < -0.3 is 28.4 Å². The monoisotopic (exact) mass is 690 g/mol. The van der Waals surface area contributed by atoms with Gasteiger partial charge in [0.15, 0.2) is 18.5 Å². The van der Waals surface area contributed by atoms with Crippen LogP contribution in [0, 0.1) is 0 Å². The molecule has 2 aromatic rings. The van der Waals surface area contributed by atoms with Crippen molar-refractivity contribution in [3.05, 3.63) is 114 Å². The molecule has 1 aliphatic carbocycles. The molecule has 0 amide bonds. The fraction of sp³-hybridized carbons (Fsp3) is 0.533. The summed E-state index contributed by atoms with van der Waals surface area (Å²) in [4.78, 5) is 36.0. The summed E-state index contributed by atoms with van der Waals surface area (Å²) < 4.78 is 36.3. The molecule has 10 atom stereocenters. The Kier molecular flexibility index (Phi) is 14.1. The van der Waals surface area contributed by atoms with Crippen LogP contribution in [0.2, 0.25) is 0 Å². The lowest BCUT2D eigenvalue weighted by Crippen LogP contribution is -2.64. The molecule has 262 valence electrons. The average molecular weight is 691 g/mol. The van der Waals surface area contributed by atoms with Gasteiger partial charge in [0, 0.05) is 33.5 Å². The zero-order chi connectivity index (χ0) is 35.9. The SMILES string of the molecule is CC(=O)O[C@@H]1[C@H](N=[N+]=[N-])[C@@H](O[C@H]2[C@H](OCc3ccccc3)[C@@H](OCc3ccccc3)[C@H](N=[N+]=[N-])C[C@@H]2N=[N+]=[N-])O[C@H](CN=[N+]=[N-])[C@H]1OC(C)=O. The van der Waals surface area contributed by atoms with Crippen molar-refractivity contribution in [2.24, 2.45) is 20.5 Å². The highest BCUT2D eigenvalue weighted by molar-refractivity contribution is 5.67. The van der Waals surface area contributed by atoms with Gasteiger partial charge in [0.05, 0.1) is 44.1 Å². The molecule has 1 heterocycles. The first kappa shape index (κ1) is 37.3. The van der Waals surface area contributed by atoms with Crippen molar-refractivity contribution in [3.8, 4) is 0 Å². The number of esters is 2. The van der Waals surface area contributed by atoms with Crippen molar-refractivity contribution in [3.63, 3.8) is 0 Å². The van der Waals surface area contributed by atoms with Crippen LogP contribution in [-0.4, -0.2) is 79.5 Å². The van der Waals surface area contributed by atoms with Gasteiger partial charge in [0.1, 0.15) is 18.2 Å². The number of ether oxygens (including phenoxy) is 6. The van der Waals surface area contributed by atoms with E-state index in [0.717, 1.165) is 25.0 Å². The minimum Gasteiger partial charge on any atom is -0.458 e. The van der Waals surface area contributed by atoms with E-state index < -0.39 is 79.5 Å². The highest BCUT2D eigenvalue weighted by Gasteiger charge is 2.54. The van der Waals surface area contributed by atoms with Crippen LogP contribution in [-0.2, 0) is 51.2 Å². The van der Waals surface area contributed by atoms with Gasteiger partial charge in [0.2, 0.25) is 0 Å². The van der Waals surface area contributed by atoms with Gasteiger partial charge in [-0.05, 0) is 39.7 Å². The van der Waals surface area contributed by atoms with Gasteiger partial charge in [-0.25, -0.2) is 0 Å². The molecule has 0 spiro atoms. The van der Waals surface area contributed by atoms with Crippen LogP contribution < -0.4 is 0 Å². The van der Waals surface area contributed by atoms with Crippen molar-refractivity contribution < 1.29 is 38.0 Å². The molecule has 2 aromatic carbocycles. The molecule has 2 aliphatic rings. The summed E-state index contributed by atoms with van der Waals surface area (Å²) in [5, 5.41) is 15.2. The summed E-state index contributed by atoms with van der Waals surface area (Å²) >= 11 is 0. The largest absolute Gasteiger partial charge is 0.458 e. The third kappa shape index (κ3) is 9.99. The third-order valence-corrected chi connectivity index (χ3v) is 7.88. The summed E-state index contributed by atoms with van der Waals surface area (Å²) in [7, 11) is 0. The molecular weight excluding hydrogens is 656 g/mol. The van der Waals surface area contributed by atoms with Gasteiger partial charge in [0.25, 0.3) is 0 Å². The Balaban J connectivity index is 1.80. The lowest BCUT2D eigenvalue weighted by molar-refractivity contribution is -0.296. The minimum absolute atomic E-state index is 0.0257. The van der Waals surface area contributed by atoms with Crippen LogP contribution in [0.5, 0.6) is 0 Å². The molecule has 0 bridgehead atoms. The second kappa shape index (κ2) is 18.9. The Bertz CT molecular complexity index is 1650. The molecule has 0 radical (unpaired) electrons. The number of nitrogens with zero attached hydrogens (tertiary/aromatic N) is 12. The predicted molar refractivity (Wildman–Crippen MR) is 172 cm³/mol. The van der Waals surface area contributed by atoms with Gasteiger partial charge in [-0.15, -0.1) is 0 Å². The number of carbonyl (C=O) groups is 2. The van der Waals surface area contributed by atoms with Crippen molar-refractivity contribution in [1.29, 1.82) is 0 Å².